The summed E-state index contributed by atoms with van der Waals surface area (Å²) in [7, 11) is 0. The number of aromatic nitrogens is 1. The Morgan fingerprint density at radius 2 is 1.79 bits per heavy atom. The summed E-state index contributed by atoms with van der Waals surface area (Å²) in [4.78, 5) is 4.25. The van der Waals surface area contributed by atoms with Gasteiger partial charge in [0.05, 0.1) is 0 Å². The van der Waals surface area contributed by atoms with Crippen LogP contribution in [0.5, 0.6) is 0 Å². The van der Waals surface area contributed by atoms with Crippen molar-refractivity contribution in [1.82, 2.24) is 4.98 Å². The van der Waals surface area contributed by atoms with E-state index in [4.69, 9.17) is 0 Å². The van der Waals surface area contributed by atoms with Crippen molar-refractivity contribution in [3.05, 3.63) is 66.4 Å². The second kappa shape index (κ2) is 5.58. The normalized spacial score (nSPS) is 10.2. The van der Waals surface area contributed by atoms with Gasteiger partial charge in [0.25, 0.3) is 0 Å². The third-order valence-corrected chi connectivity index (χ3v) is 2.72. The summed E-state index contributed by atoms with van der Waals surface area (Å²) in [5.41, 5.74) is 1.75. The van der Waals surface area contributed by atoms with Crippen LogP contribution in [-0.2, 0) is 21.1 Å². The molecule has 0 N–H and O–H groups in total. The zero-order chi connectivity index (χ0) is 12.5. The molecule has 2 aromatic carbocycles. The van der Waals surface area contributed by atoms with Gasteiger partial charge < -0.3 is 0 Å². The smallest absolute Gasteiger partial charge is 0.0445 e. The van der Waals surface area contributed by atoms with Gasteiger partial charge in [-0.1, -0.05) is 35.9 Å². The van der Waals surface area contributed by atoms with Crippen molar-refractivity contribution in [2.24, 2.45) is 0 Å². The maximum atomic E-state index is 13.2. The summed E-state index contributed by atoms with van der Waals surface area (Å²) in [5, 5.41) is 0.924. The molecule has 0 radical (unpaired) electrons. The first-order chi connectivity index (χ1) is 8.74. The minimum Gasteiger partial charge on any atom is -0.266 e. The van der Waals surface area contributed by atoms with Crippen LogP contribution in [0.2, 0.25) is 0 Å². The molecule has 0 saturated heterocycles. The van der Waals surface area contributed by atoms with Crippen molar-refractivity contribution < 1.29 is 29.8 Å². The van der Waals surface area contributed by atoms with Crippen LogP contribution in [0.4, 0.5) is 8.78 Å². The van der Waals surface area contributed by atoms with Crippen molar-refractivity contribution in [2.45, 2.75) is 0 Å². The van der Waals surface area contributed by atoms with E-state index in [1.165, 1.54) is 6.07 Å². The quantitative estimate of drug-likeness (QED) is 0.527. The molecule has 0 aliphatic carbocycles. The molecule has 0 aliphatic rings. The summed E-state index contributed by atoms with van der Waals surface area (Å²) in [5.74, 6) is -1.33. The second-order valence-electron chi connectivity index (χ2n) is 3.94. The number of hydrogen-bond donors (Lipinski definition) is 0. The van der Waals surface area contributed by atoms with Crippen LogP contribution in [0.1, 0.15) is 0 Å². The Labute approximate surface area is 123 Å². The maximum absolute atomic E-state index is 13.2. The molecule has 0 unspecified atom stereocenters. The topological polar surface area (TPSA) is 12.9 Å². The molecule has 0 spiro atoms. The number of fused-ring (bicyclic) bond motifs is 1. The van der Waals surface area contributed by atoms with Gasteiger partial charge in [-0.25, -0.2) is 8.78 Å². The third kappa shape index (κ3) is 2.71. The SMILES string of the molecule is Fc1[c-]c(-c2cccc3cccnc23)cc(F)c1.[Pt]. The zero-order valence-corrected chi connectivity index (χ0v) is 11.9. The number of benzene rings is 2. The van der Waals surface area contributed by atoms with Crippen LogP contribution in [-0.4, -0.2) is 4.98 Å². The van der Waals surface area contributed by atoms with E-state index in [-0.39, 0.29) is 21.1 Å². The fourth-order valence-electron chi connectivity index (χ4n) is 1.97. The molecule has 1 aromatic heterocycles. The molecular formula is C15H8F2NPt-. The van der Waals surface area contributed by atoms with Gasteiger partial charge in [-0.05, 0) is 11.5 Å². The predicted octanol–water partition coefficient (Wildman–Crippen LogP) is 3.98. The van der Waals surface area contributed by atoms with Crippen LogP contribution in [0.25, 0.3) is 22.0 Å². The number of pyridine rings is 1. The van der Waals surface area contributed by atoms with Gasteiger partial charge in [-0.2, -0.15) is 0 Å². The fraction of sp³-hybridized carbons (Fsp3) is 0. The second-order valence-corrected chi connectivity index (χ2v) is 3.94. The fourth-order valence-corrected chi connectivity index (χ4v) is 1.97. The first-order valence-electron chi connectivity index (χ1n) is 5.46. The molecule has 0 aliphatic heterocycles. The van der Waals surface area contributed by atoms with Crippen LogP contribution in [0.15, 0.2) is 48.7 Å². The number of nitrogens with zero attached hydrogens (tertiary/aromatic N) is 1. The van der Waals surface area contributed by atoms with Gasteiger partial charge in [-0.3, -0.25) is 4.98 Å². The van der Waals surface area contributed by atoms with Crippen LogP contribution >= 0.6 is 0 Å². The Kier molecular flexibility index (Phi) is 4.06. The third-order valence-electron chi connectivity index (χ3n) is 2.72. The number of halogens is 2. The van der Waals surface area contributed by atoms with Gasteiger partial charge in [0.1, 0.15) is 0 Å². The molecule has 0 saturated carbocycles. The summed E-state index contributed by atoms with van der Waals surface area (Å²) >= 11 is 0. The molecular weight excluding hydrogens is 427 g/mol. The van der Waals surface area contributed by atoms with Gasteiger partial charge in [0.15, 0.2) is 0 Å². The van der Waals surface area contributed by atoms with E-state index in [0.29, 0.717) is 16.6 Å². The summed E-state index contributed by atoms with van der Waals surface area (Å²) in [6.45, 7) is 0. The molecule has 4 heteroatoms. The minimum atomic E-state index is -0.710. The standard InChI is InChI=1S/C15H8F2N.Pt/c16-12-7-11(8-13(17)9-12)14-5-1-3-10-4-2-6-18-15(10)14;/h1-7,9H;/q-1;. The molecule has 19 heavy (non-hydrogen) atoms. The average Bonchev–Trinajstić information content (AvgIpc) is 2.37. The largest absolute Gasteiger partial charge is 0.266 e. The Morgan fingerprint density at radius 1 is 1.00 bits per heavy atom. The number of hydrogen-bond acceptors (Lipinski definition) is 1. The number of para-hydroxylation sites is 1. The molecule has 0 atom stereocenters. The van der Waals surface area contributed by atoms with E-state index in [2.05, 4.69) is 11.1 Å². The molecule has 0 fully saturated rings. The van der Waals surface area contributed by atoms with E-state index in [9.17, 15) is 8.78 Å². The summed E-state index contributed by atoms with van der Waals surface area (Å²) in [6.07, 6.45) is 1.65. The Balaban J connectivity index is 0.00000133. The van der Waals surface area contributed by atoms with Gasteiger partial charge in [0.2, 0.25) is 0 Å². The van der Waals surface area contributed by atoms with E-state index in [0.717, 1.165) is 11.5 Å². The maximum Gasteiger partial charge on any atom is 0.0445 e. The zero-order valence-electron chi connectivity index (χ0n) is 9.64. The molecule has 0 bridgehead atoms. The summed E-state index contributed by atoms with van der Waals surface area (Å²) < 4.78 is 26.4. The van der Waals surface area contributed by atoms with Crippen molar-refractivity contribution in [3.8, 4) is 11.1 Å². The molecule has 1 heterocycles. The van der Waals surface area contributed by atoms with Crippen LogP contribution < -0.4 is 0 Å². The van der Waals surface area contributed by atoms with Crippen molar-refractivity contribution >= 4 is 10.9 Å². The van der Waals surface area contributed by atoms with E-state index in [1.807, 2.05) is 24.3 Å². The molecule has 1 nitrogen and oxygen atoms in total. The number of rotatable bonds is 1. The molecule has 3 rings (SSSR count). The Bertz CT molecular complexity index is 703. The van der Waals surface area contributed by atoms with Gasteiger partial charge in [-0.15, -0.1) is 17.7 Å². The Morgan fingerprint density at radius 3 is 2.58 bits per heavy atom. The van der Waals surface area contributed by atoms with E-state index in [1.54, 1.807) is 12.3 Å². The van der Waals surface area contributed by atoms with Gasteiger partial charge >= 0.3 is 0 Å². The molecule has 0 amide bonds. The predicted molar refractivity (Wildman–Crippen MR) is 65.9 cm³/mol. The first-order valence-corrected chi connectivity index (χ1v) is 5.46. The van der Waals surface area contributed by atoms with Crippen molar-refractivity contribution in [1.29, 1.82) is 0 Å². The Hall–Kier alpha value is -1.60. The van der Waals surface area contributed by atoms with E-state index >= 15 is 0 Å². The minimum absolute atomic E-state index is 0. The molecule has 3 aromatic rings. The van der Waals surface area contributed by atoms with E-state index < -0.39 is 11.6 Å². The van der Waals surface area contributed by atoms with Crippen molar-refractivity contribution in [3.63, 3.8) is 0 Å². The van der Waals surface area contributed by atoms with Crippen molar-refractivity contribution in [2.75, 3.05) is 0 Å². The van der Waals surface area contributed by atoms with Crippen LogP contribution in [0.3, 0.4) is 0 Å². The van der Waals surface area contributed by atoms with Gasteiger partial charge in [0, 0.05) is 44.4 Å². The average molecular weight is 435 g/mol. The molecule has 98 valence electrons. The van der Waals surface area contributed by atoms with Crippen LogP contribution in [0, 0.1) is 17.7 Å². The first kappa shape index (κ1) is 13.8. The monoisotopic (exact) mass is 435 g/mol. The summed E-state index contributed by atoms with van der Waals surface area (Å²) in [6, 6.07) is 13.8.